The second-order valence-electron chi connectivity index (χ2n) is 5.58. The average Bonchev–Trinajstić information content (AvgIpc) is 2.94. The van der Waals surface area contributed by atoms with Gasteiger partial charge in [-0.1, -0.05) is 25.3 Å². The van der Waals surface area contributed by atoms with Crippen LogP contribution in [0.1, 0.15) is 51.4 Å². The van der Waals surface area contributed by atoms with Crippen LogP contribution >= 0.6 is 22.9 Å². The molecule has 2 N–H and O–H groups in total. The molecule has 0 fully saturated rings. The van der Waals surface area contributed by atoms with Gasteiger partial charge in [-0.25, -0.2) is 4.79 Å². The first-order chi connectivity index (χ1) is 9.70. The molecule has 1 amide bonds. The molecule has 6 nitrogen and oxygen atoms in total. The number of aromatic carboxylic acids is 1. The lowest BCUT2D eigenvalue weighted by molar-refractivity contribution is 0.0701. The Kier molecular flexibility index (Phi) is 4.11. The van der Waals surface area contributed by atoms with E-state index < -0.39 is 5.97 Å². The van der Waals surface area contributed by atoms with E-state index in [0.29, 0.717) is 21.1 Å². The Bertz CT molecular complexity index is 698. The lowest BCUT2D eigenvalue weighted by Crippen LogP contribution is -2.19. The topological polar surface area (TPSA) is 92.2 Å². The van der Waals surface area contributed by atoms with E-state index in [2.05, 4.69) is 14.9 Å². The van der Waals surface area contributed by atoms with Crippen LogP contribution in [0.4, 0.5) is 5.00 Å². The van der Waals surface area contributed by atoms with E-state index in [9.17, 15) is 9.59 Å². The van der Waals surface area contributed by atoms with Crippen molar-refractivity contribution in [3.05, 3.63) is 27.1 Å². The number of nitrogens with one attached hydrogen (secondary N) is 1. The fourth-order valence-electron chi connectivity index (χ4n) is 1.75. The number of aryl methyl sites for hydroxylation is 1. The van der Waals surface area contributed by atoms with E-state index in [1.165, 1.54) is 0 Å². The number of anilines is 1. The Hall–Kier alpha value is -1.80. The summed E-state index contributed by atoms with van der Waals surface area (Å²) in [5.41, 5.74) is 0.982. The quantitative estimate of drug-likeness (QED) is 0.904. The smallest absolute Gasteiger partial charge is 0.346 e. The standard InChI is InChI=1S/C13H15N3O3S2/c1-6-5-7(20-8(6)12(18)19)14-11(17)9-10(13(2,3)4)15-16-21-9/h5H,1-4H3,(H,14,17)(H,18,19). The third-order valence-electron chi connectivity index (χ3n) is 2.75. The summed E-state index contributed by atoms with van der Waals surface area (Å²) in [6.07, 6.45) is 0. The largest absolute Gasteiger partial charge is 0.477 e. The Morgan fingerprint density at radius 1 is 1.29 bits per heavy atom. The molecule has 0 unspecified atom stereocenters. The van der Waals surface area contributed by atoms with Gasteiger partial charge in [0.2, 0.25) is 0 Å². The van der Waals surface area contributed by atoms with E-state index in [1.807, 2.05) is 20.8 Å². The van der Waals surface area contributed by atoms with Crippen molar-refractivity contribution in [2.45, 2.75) is 33.1 Å². The third kappa shape index (κ3) is 3.27. The number of nitrogens with zero attached hydrogens (tertiary/aromatic N) is 2. The van der Waals surface area contributed by atoms with Crippen LogP contribution in [0.3, 0.4) is 0 Å². The second-order valence-corrected chi connectivity index (χ2v) is 7.39. The van der Waals surface area contributed by atoms with Crippen LogP contribution in [0.5, 0.6) is 0 Å². The van der Waals surface area contributed by atoms with Crippen LogP contribution in [-0.2, 0) is 5.41 Å². The van der Waals surface area contributed by atoms with Gasteiger partial charge in [0.25, 0.3) is 5.91 Å². The van der Waals surface area contributed by atoms with Crippen LogP contribution in [0, 0.1) is 6.92 Å². The highest BCUT2D eigenvalue weighted by Gasteiger charge is 2.26. The van der Waals surface area contributed by atoms with Crippen molar-refractivity contribution in [3.8, 4) is 0 Å². The first kappa shape index (κ1) is 15.6. The molecule has 112 valence electrons. The van der Waals surface area contributed by atoms with E-state index in [1.54, 1.807) is 13.0 Å². The van der Waals surface area contributed by atoms with Gasteiger partial charge < -0.3 is 10.4 Å². The number of hydrogen-bond acceptors (Lipinski definition) is 6. The summed E-state index contributed by atoms with van der Waals surface area (Å²) in [5, 5.41) is 16.3. The summed E-state index contributed by atoms with van der Waals surface area (Å²) in [4.78, 5) is 24.0. The van der Waals surface area contributed by atoms with Crippen molar-refractivity contribution in [1.29, 1.82) is 0 Å². The van der Waals surface area contributed by atoms with E-state index in [-0.39, 0.29) is 16.2 Å². The van der Waals surface area contributed by atoms with Gasteiger partial charge in [0.15, 0.2) is 0 Å². The molecule has 2 rings (SSSR count). The number of hydrogen-bond donors (Lipinski definition) is 2. The number of carbonyl (C=O) groups is 2. The number of carboxylic acids is 1. The number of aromatic nitrogens is 2. The third-order valence-corrected chi connectivity index (χ3v) is 4.62. The highest BCUT2D eigenvalue weighted by atomic mass is 32.1. The predicted molar refractivity (Wildman–Crippen MR) is 82.6 cm³/mol. The Labute approximate surface area is 130 Å². The summed E-state index contributed by atoms with van der Waals surface area (Å²) in [6, 6.07) is 1.65. The first-order valence-electron chi connectivity index (χ1n) is 6.18. The summed E-state index contributed by atoms with van der Waals surface area (Å²) in [7, 11) is 0. The van der Waals surface area contributed by atoms with Crippen LogP contribution in [0.15, 0.2) is 6.07 Å². The number of carbonyl (C=O) groups excluding carboxylic acids is 1. The maximum Gasteiger partial charge on any atom is 0.346 e. The second kappa shape index (κ2) is 5.53. The van der Waals surface area contributed by atoms with Gasteiger partial charge in [-0.15, -0.1) is 16.4 Å². The van der Waals surface area contributed by atoms with Gasteiger partial charge in [-0.3, -0.25) is 4.79 Å². The molecule has 2 aromatic heterocycles. The summed E-state index contributed by atoms with van der Waals surface area (Å²) < 4.78 is 3.84. The SMILES string of the molecule is Cc1cc(NC(=O)c2snnc2C(C)(C)C)sc1C(=O)O. The molecule has 0 saturated heterocycles. The lowest BCUT2D eigenvalue weighted by Gasteiger charge is -2.15. The Morgan fingerprint density at radius 2 is 1.95 bits per heavy atom. The maximum atomic E-state index is 12.3. The van der Waals surface area contributed by atoms with E-state index in [0.717, 1.165) is 22.9 Å². The number of rotatable bonds is 3. The normalized spacial score (nSPS) is 11.4. The molecule has 0 bridgehead atoms. The van der Waals surface area contributed by atoms with Crippen LogP contribution in [0.25, 0.3) is 0 Å². The minimum Gasteiger partial charge on any atom is -0.477 e. The molecule has 0 aliphatic heterocycles. The van der Waals surface area contributed by atoms with Gasteiger partial charge in [-0.2, -0.15) is 0 Å². The molecule has 21 heavy (non-hydrogen) atoms. The monoisotopic (exact) mass is 325 g/mol. The molecule has 0 aromatic carbocycles. The van der Waals surface area contributed by atoms with Gasteiger partial charge in [0.1, 0.15) is 9.75 Å². The van der Waals surface area contributed by atoms with Crippen LogP contribution in [-0.4, -0.2) is 26.6 Å². The molecule has 2 aromatic rings. The van der Waals surface area contributed by atoms with Crippen LogP contribution in [0.2, 0.25) is 0 Å². The Balaban J connectivity index is 2.25. The van der Waals surface area contributed by atoms with Gasteiger partial charge >= 0.3 is 5.97 Å². The molecule has 0 aliphatic rings. The van der Waals surface area contributed by atoms with E-state index >= 15 is 0 Å². The molecular formula is C13H15N3O3S2. The van der Waals surface area contributed by atoms with E-state index in [4.69, 9.17) is 5.11 Å². The molecular weight excluding hydrogens is 310 g/mol. The van der Waals surface area contributed by atoms with Gasteiger partial charge in [0, 0.05) is 5.41 Å². The first-order valence-corrected chi connectivity index (χ1v) is 7.77. The number of amides is 1. The predicted octanol–water partition coefficient (Wildman–Crippen LogP) is 3.16. The fourth-order valence-corrected chi connectivity index (χ4v) is 3.43. The zero-order valence-corrected chi connectivity index (χ0v) is 13.7. The molecule has 0 radical (unpaired) electrons. The molecule has 0 spiro atoms. The highest BCUT2D eigenvalue weighted by Crippen LogP contribution is 2.29. The van der Waals surface area contributed by atoms with Crippen LogP contribution < -0.4 is 5.32 Å². The molecule has 0 atom stereocenters. The zero-order valence-electron chi connectivity index (χ0n) is 12.1. The Morgan fingerprint density at radius 3 is 2.48 bits per heavy atom. The minimum absolute atomic E-state index is 0.226. The highest BCUT2D eigenvalue weighted by molar-refractivity contribution is 7.18. The van der Waals surface area contributed by atoms with Crippen molar-refractivity contribution in [3.63, 3.8) is 0 Å². The summed E-state index contributed by atoms with van der Waals surface area (Å²) in [5.74, 6) is -1.30. The molecule has 8 heteroatoms. The van der Waals surface area contributed by atoms with Gasteiger partial charge in [-0.05, 0) is 30.1 Å². The van der Waals surface area contributed by atoms with Crippen molar-refractivity contribution < 1.29 is 14.7 Å². The summed E-state index contributed by atoms with van der Waals surface area (Å²) in [6.45, 7) is 7.57. The number of carboxylic acid groups (broad SMARTS) is 1. The lowest BCUT2D eigenvalue weighted by atomic mass is 9.91. The van der Waals surface area contributed by atoms with Crippen molar-refractivity contribution in [2.75, 3.05) is 5.32 Å². The maximum absolute atomic E-state index is 12.3. The summed E-state index contributed by atoms with van der Waals surface area (Å²) >= 11 is 2.08. The zero-order chi connectivity index (χ0) is 15.8. The molecule has 2 heterocycles. The number of thiophene rings is 1. The molecule has 0 saturated carbocycles. The van der Waals surface area contributed by atoms with Crippen molar-refractivity contribution in [2.24, 2.45) is 0 Å². The minimum atomic E-state index is -0.993. The average molecular weight is 325 g/mol. The van der Waals surface area contributed by atoms with Crippen molar-refractivity contribution >= 4 is 39.7 Å². The van der Waals surface area contributed by atoms with Gasteiger partial charge in [0.05, 0.1) is 10.7 Å². The van der Waals surface area contributed by atoms with Crippen molar-refractivity contribution in [1.82, 2.24) is 9.59 Å². The molecule has 0 aliphatic carbocycles. The fraction of sp³-hybridized carbons (Fsp3) is 0.385.